The lowest BCUT2D eigenvalue weighted by molar-refractivity contribution is -0.119. The second kappa shape index (κ2) is 3.12. The van der Waals surface area contributed by atoms with Crippen LogP contribution in [0, 0.1) is 0 Å². The number of likely N-dealkylation sites (tertiary alicyclic amines) is 1. The van der Waals surface area contributed by atoms with Crippen LogP contribution in [0.4, 0.5) is 0 Å². The highest BCUT2D eigenvalue weighted by molar-refractivity contribution is 5.80. The van der Waals surface area contributed by atoms with E-state index in [1.165, 1.54) is 0 Å². The Morgan fingerprint density at radius 1 is 1.70 bits per heavy atom. The molecule has 0 aromatic carbocycles. The molecule has 0 aromatic rings. The van der Waals surface area contributed by atoms with Gasteiger partial charge in [0, 0.05) is 19.0 Å². The predicted octanol–water partition coefficient (Wildman–Crippen LogP) is -0.392. The second-order valence-corrected chi connectivity index (χ2v) is 3.03. The van der Waals surface area contributed by atoms with Gasteiger partial charge in [-0.05, 0) is 13.5 Å². The van der Waals surface area contributed by atoms with E-state index in [-0.39, 0.29) is 6.04 Å². The van der Waals surface area contributed by atoms with Gasteiger partial charge in [0.05, 0.1) is 6.54 Å². The fourth-order valence-corrected chi connectivity index (χ4v) is 1.28. The first-order valence-electron chi connectivity index (χ1n) is 3.64. The number of Topliss-reactive ketones (excluding diaryl/α,β-unsaturated/α-hetero) is 1. The van der Waals surface area contributed by atoms with Gasteiger partial charge in [0.25, 0.3) is 0 Å². The summed E-state index contributed by atoms with van der Waals surface area (Å²) in [4.78, 5) is 12.9. The number of ketones is 1. The minimum atomic E-state index is 0.191. The molecule has 1 aliphatic heterocycles. The third-order valence-corrected chi connectivity index (χ3v) is 1.79. The first-order valence-corrected chi connectivity index (χ1v) is 3.64. The van der Waals surface area contributed by atoms with Crippen LogP contribution >= 0.6 is 0 Å². The Labute approximate surface area is 61.2 Å². The summed E-state index contributed by atoms with van der Waals surface area (Å²) in [5, 5.41) is 0. The third-order valence-electron chi connectivity index (χ3n) is 1.79. The van der Waals surface area contributed by atoms with E-state index >= 15 is 0 Å². The molecule has 3 nitrogen and oxygen atoms in total. The summed E-state index contributed by atoms with van der Waals surface area (Å²) in [6, 6.07) is 0.191. The Morgan fingerprint density at radius 2 is 2.40 bits per heavy atom. The molecule has 1 aliphatic rings. The maximum absolute atomic E-state index is 10.9. The number of likely N-dealkylation sites (N-methyl/N-ethyl adjacent to an activating group) is 1. The van der Waals surface area contributed by atoms with Crippen LogP contribution < -0.4 is 5.73 Å². The molecule has 1 fully saturated rings. The Morgan fingerprint density at radius 3 is 3.10 bits per heavy atom. The number of nitrogens with two attached hydrogens (primary N) is 1. The van der Waals surface area contributed by atoms with E-state index in [4.69, 9.17) is 5.73 Å². The maximum Gasteiger partial charge on any atom is 0.146 e. The fourth-order valence-electron chi connectivity index (χ4n) is 1.28. The molecule has 0 bridgehead atoms. The summed E-state index contributed by atoms with van der Waals surface area (Å²) in [5.74, 6) is 0.315. The van der Waals surface area contributed by atoms with Crippen LogP contribution in [0.2, 0.25) is 0 Å². The van der Waals surface area contributed by atoms with Crippen LogP contribution in [-0.4, -0.2) is 36.9 Å². The summed E-state index contributed by atoms with van der Waals surface area (Å²) in [6.07, 6.45) is 1.51. The Kier molecular flexibility index (Phi) is 2.40. The Balaban J connectivity index is 2.46. The molecule has 0 unspecified atom stereocenters. The predicted molar refractivity (Wildman–Crippen MR) is 39.7 cm³/mol. The number of hydrogen-bond acceptors (Lipinski definition) is 3. The molecular formula is C7H14N2O. The lowest BCUT2D eigenvalue weighted by Crippen LogP contribution is -2.33. The van der Waals surface area contributed by atoms with Gasteiger partial charge < -0.3 is 5.73 Å². The van der Waals surface area contributed by atoms with E-state index in [0.29, 0.717) is 18.7 Å². The van der Waals surface area contributed by atoms with Crippen LogP contribution in [0.3, 0.4) is 0 Å². The standard InChI is InChI=1S/C7H14N2O/c1-9-4-6(8)2-3-7(10)5-9/h6H,2-5,8H2,1H3/t6-/m0/s1. The van der Waals surface area contributed by atoms with Crippen molar-refractivity contribution in [1.82, 2.24) is 4.90 Å². The molecule has 1 saturated heterocycles. The van der Waals surface area contributed by atoms with E-state index in [0.717, 1.165) is 13.0 Å². The van der Waals surface area contributed by atoms with Gasteiger partial charge in [0.2, 0.25) is 0 Å². The van der Waals surface area contributed by atoms with Crippen molar-refractivity contribution in [2.75, 3.05) is 20.1 Å². The van der Waals surface area contributed by atoms with Crippen molar-refractivity contribution in [3.05, 3.63) is 0 Å². The van der Waals surface area contributed by atoms with Gasteiger partial charge in [-0.15, -0.1) is 0 Å². The molecule has 3 heteroatoms. The SMILES string of the molecule is CN1CC(=O)CC[C@H](N)C1. The quantitative estimate of drug-likeness (QED) is 0.501. The summed E-state index contributed by atoms with van der Waals surface area (Å²) in [7, 11) is 1.93. The largest absolute Gasteiger partial charge is 0.327 e. The van der Waals surface area contributed by atoms with Gasteiger partial charge in [-0.25, -0.2) is 0 Å². The van der Waals surface area contributed by atoms with Crippen molar-refractivity contribution in [3.8, 4) is 0 Å². The zero-order valence-electron chi connectivity index (χ0n) is 6.34. The molecule has 10 heavy (non-hydrogen) atoms. The molecule has 1 heterocycles. The highest BCUT2D eigenvalue weighted by atomic mass is 16.1. The number of rotatable bonds is 0. The van der Waals surface area contributed by atoms with Crippen molar-refractivity contribution in [3.63, 3.8) is 0 Å². The van der Waals surface area contributed by atoms with E-state index in [2.05, 4.69) is 0 Å². The molecule has 0 radical (unpaired) electrons. The summed E-state index contributed by atoms with van der Waals surface area (Å²) < 4.78 is 0. The van der Waals surface area contributed by atoms with Gasteiger partial charge in [-0.3, -0.25) is 9.69 Å². The minimum Gasteiger partial charge on any atom is -0.327 e. The van der Waals surface area contributed by atoms with E-state index in [1.54, 1.807) is 0 Å². The molecule has 0 spiro atoms. The van der Waals surface area contributed by atoms with Crippen molar-refractivity contribution >= 4 is 5.78 Å². The maximum atomic E-state index is 10.9. The van der Waals surface area contributed by atoms with Crippen molar-refractivity contribution in [2.45, 2.75) is 18.9 Å². The fraction of sp³-hybridized carbons (Fsp3) is 0.857. The van der Waals surface area contributed by atoms with E-state index in [1.807, 2.05) is 11.9 Å². The molecular weight excluding hydrogens is 128 g/mol. The van der Waals surface area contributed by atoms with Gasteiger partial charge in [0.15, 0.2) is 0 Å². The molecule has 1 atom stereocenters. The molecule has 2 N–H and O–H groups in total. The van der Waals surface area contributed by atoms with Crippen LogP contribution in [0.15, 0.2) is 0 Å². The molecule has 0 aliphatic carbocycles. The van der Waals surface area contributed by atoms with Gasteiger partial charge in [-0.2, -0.15) is 0 Å². The van der Waals surface area contributed by atoms with Gasteiger partial charge in [0.1, 0.15) is 5.78 Å². The van der Waals surface area contributed by atoms with E-state index in [9.17, 15) is 4.79 Å². The lowest BCUT2D eigenvalue weighted by Gasteiger charge is -2.14. The number of carbonyl (C=O) groups is 1. The van der Waals surface area contributed by atoms with Crippen LogP contribution in [0.25, 0.3) is 0 Å². The number of nitrogens with zero attached hydrogens (tertiary/aromatic N) is 1. The number of carbonyl (C=O) groups excluding carboxylic acids is 1. The van der Waals surface area contributed by atoms with E-state index < -0.39 is 0 Å². The minimum absolute atomic E-state index is 0.191. The summed E-state index contributed by atoms with van der Waals surface area (Å²) in [6.45, 7) is 1.43. The second-order valence-electron chi connectivity index (χ2n) is 3.03. The first kappa shape index (κ1) is 7.69. The average Bonchev–Trinajstić information content (AvgIpc) is 1.93. The first-order chi connectivity index (χ1) is 4.68. The molecule has 1 rings (SSSR count). The monoisotopic (exact) mass is 142 g/mol. The molecule has 0 saturated carbocycles. The zero-order valence-corrected chi connectivity index (χ0v) is 6.34. The Bertz CT molecular complexity index is 136. The summed E-state index contributed by atoms with van der Waals surface area (Å²) in [5.41, 5.74) is 5.69. The summed E-state index contributed by atoms with van der Waals surface area (Å²) >= 11 is 0. The molecule has 0 aromatic heterocycles. The van der Waals surface area contributed by atoms with Crippen molar-refractivity contribution < 1.29 is 4.79 Å². The highest BCUT2D eigenvalue weighted by Gasteiger charge is 2.16. The van der Waals surface area contributed by atoms with Gasteiger partial charge >= 0.3 is 0 Å². The van der Waals surface area contributed by atoms with Gasteiger partial charge in [-0.1, -0.05) is 0 Å². The molecule has 58 valence electrons. The van der Waals surface area contributed by atoms with Crippen LogP contribution in [0.1, 0.15) is 12.8 Å². The van der Waals surface area contributed by atoms with Crippen LogP contribution in [0.5, 0.6) is 0 Å². The number of hydrogen-bond donors (Lipinski definition) is 1. The molecule has 0 amide bonds. The zero-order chi connectivity index (χ0) is 7.56. The topological polar surface area (TPSA) is 46.3 Å². The average molecular weight is 142 g/mol. The Hall–Kier alpha value is -0.410. The lowest BCUT2D eigenvalue weighted by atomic mass is 10.1. The highest BCUT2D eigenvalue weighted by Crippen LogP contribution is 2.03. The van der Waals surface area contributed by atoms with Crippen molar-refractivity contribution in [2.24, 2.45) is 5.73 Å². The van der Waals surface area contributed by atoms with Crippen molar-refractivity contribution in [1.29, 1.82) is 0 Å². The third kappa shape index (κ3) is 2.08. The normalized spacial score (nSPS) is 30.2. The van der Waals surface area contributed by atoms with Crippen LogP contribution in [-0.2, 0) is 4.79 Å². The smallest absolute Gasteiger partial charge is 0.146 e.